The highest BCUT2D eigenvalue weighted by molar-refractivity contribution is 7.09. The van der Waals surface area contributed by atoms with E-state index in [-0.39, 0.29) is 0 Å². The molecule has 0 radical (unpaired) electrons. The maximum Gasteiger partial charge on any atom is 0.107 e. The van der Waals surface area contributed by atoms with Crippen LogP contribution >= 0.6 is 11.3 Å². The molecule has 2 aromatic rings. The molecule has 4 saturated heterocycles. The quantitative estimate of drug-likeness (QED) is 0.864. The van der Waals surface area contributed by atoms with E-state index in [1.54, 1.807) is 11.3 Å². The van der Waals surface area contributed by atoms with E-state index < -0.39 is 0 Å². The van der Waals surface area contributed by atoms with Gasteiger partial charge >= 0.3 is 0 Å². The van der Waals surface area contributed by atoms with Gasteiger partial charge in [0.15, 0.2) is 0 Å². The number of likely N-dealkylation sites (tertiary alicyclic amines) is 1. The monoisotopic (exact) mass is 325 g/mol. The molecule has 23 heavy (non-hydrogen) atoms. The van der Waals surface area contributed by atoms with Gasteiger partial charge in [-0.2, -0.15) is 0 Å². The molecular weight excluding hydrogens is 302 g/mol. The molecule has 0 aliphatic carbocycles. The number of rotatable bonds is 3. The van der Waals surface area contributed by atoms with Crippen molar-refractivity contribution < 1.29 is 0 Å². The Morgan fingerprint density at radius 2 is 1.91 bits per heavy atom. The summed E-state index contributed by atoms with van der Waals surface area (Å²) < 4.78 is 0. The number of hydrogen-bond acceptors (Lipinski definition) is 4. The van der Waals surface area contributed by atoms with Crippen molar-refractivity contribution in [3.8, 4) is 0 Å². The number of aromatic nitrogens is 1. The summed E-state index contributed by atoms with van der Waals surface area (Å²) in [5.74, 6) is 1.54. The number of hydrogen-bond donors (Lipinski definition) is 0. The minimum absolute atomic E-state index is 0.657. The van der Waals surface area contributed by atoms with Crippen molar-refractivity contribution in [2.75, 3.05) is 19.6 Å². The van der Waals surface area contributed by atoms with E-state index in [1.165, 1.54) is 43.0 Å². The van der Waals surface area contributed by atoms with Crippen molar-refractivity contribution in [1.82, 2.24) is 14.8 Å². The lowest BCUT2D eigenvalue weighted by molar-refractivity contribution is -0.00870. The van der Waals surface area contributed by atoms with Crippen molar-refractivity contribution in [2.45, 2.75) is 37.4 Å². The molecule has 4 aliphatic heterocycles. The molecule has 0 amide bonds. The van der Waals surface area contributed by atoms with E-state index in [0.29, 0.717) is 12.0 Å². The molecule has 3 nitrogen and oxygen atoms in total. The maximum atomic E-state index is 4.54. The minimum Gasteiger partial charge on any atom is -0.298 e. The Morgan fingerprint density at radius 1 is 1.09 bits per heavy atom. The van der Waals surface area contributed by atoms with E-state index in [4.69, 9.17) is 0 Å². The highest BCUT2D eigenvalue weighted by Gasteiger charge is 2.53. The molecule has 0 N–H and O–H groups in total. The number of benzene rings is 1. The Kier molecular flexibility index (Phi) is 3.50. The van der Waals surface area contributed by atoms with Crippen LogP contribution in [0.25, 0.3) is 0 Å². The lowest BCUT2D eigenvalue weighted by Crippen LogP contribution is -2.59. The first-order chi connectivity index (χ1) is 11.4. The highest BCUT2D eigenvalue weighted by Crippen LogP contribution is 2.46. The highest BCUT2D eigenvalue weighted by atomic mass is 32.1. The van der Waals surface area contributed by atoms with Crippen LogP contribution in [0.2, 0.25) is 0 Å². The second kappa shape index (κ2) is 5.69. The Labute approximate surface area is 142 Å². The lowest BCUT2D eigenvalue weighted by Gasteiger charge is -2.51. The normalized spacial score (nSPS) is 36.3. The third kappa shape index (κ3) is 2.35. The molecule has 120 valence electrons. The summed E-state index contributed by atoms with van der Waals surface area (Å²) in [5, 5.41) is 3.38. The molecule has 4 aliphatic rings. The zero-order valence-corrected chi connectivity index (χ0v) is 14.2. The number of nitrogens with zero attached hydrogens (tertiary/aromatic N) is 3. The smallest absolute Gasteiger partial charge is 0.107 e. The van der Waals surface area contributed by atoms with Crippen LogP contribution in [0.1, 0.15) is 29.3 Å². The van der Waals surface area contributed by atoms with E-state index in [0.717, 1.165) is 18.5 Å². The lowest BCUT2D eigenvalue weighted by atomic mass is 9.75. The molecular formula is C19H23N3S. The fourth-order valence-electron chi connectivity index (χ4n) is 5.22. The average Bonchev–Trinajstić information content (AvgIpc) is 3.26. The van der Waals surface area contributed by atoms with E-state index in [2.05, 4.69) is 50.5 Å². The fraction of sp³-hybridized carbons (Fsp3) is 0.526. The minimum atomic E-state index is 0.657. The van der Waals surface area contributed by atoms with Crippen LogP contribution in [0.4, 0.5) is 0 Å². The topological polar surface area (TPSA) is 19.4 Å². The van der Waals surface area contributed by atoms with Crippen LogP contribution in [0.3, 0.4) is 0 Å². The van der Waals surface area contributed by atoms with Gasteiger partial charge in [0.25, 0.3) is 0 Å². The number of piperidine rings is 3. The van der Waals surface area contributed by atoms with Crippen LogP contribution in [-0.4, -0.2) is 46.5 Å². The van der Waals surface area contributed by atoms with Crippen molar-refractivity contribution >= 4 is 11.3 Å². The average molecular weight is 325 g/mol. The Balaban J connectivity index is 1.49. The zero-order valence-electron chi connectivity index (χ0n) is 13.3. The second-order valence-corrected chi connectivity index (χ2v) is 8.21. The zero-order chi connectivity index (χ0) is 15.2. The molecule has 2 bridgehead atoms. The van der Waals surface area contributed by atoms with Crippen molar-refractivity contribution in [3.63, 3.8) is 0 Å². The van der Waals surface area contributed by atoms with Gasteiger partial charge in [-0.3, -0.25) is 9.80 Å². The summed E-state index contributed by atoms with van der Waals surface area (Å²) in [6, 6.07) is 12.6. The van der Waals surface area contributed by atoms with E-state index in [1.807, 2.05) is 6.20 Å². The molecule has 4 heteroatoms. The van der Waals surface area contributed by atoms with E-state index >= 15 is 0 Å². The Hall–Kier alpha value is -1.23. The van der Waals surface area contributed by atoms with Crippen LogP contribution in [0.5, 0.6) is 0 Å². The summed E-state index contributed by atoms with van der Waals surface area (Å²) in [7, 11) is 0. The van der Waals surface area contributed by atoms with Crippen LogP contribution in [0.15, 0.2) is 41.9 Å². The summed E-state index contributed by atoms with van der Waals surface area (Å²) in [5.41, 5.74) is 1.52. The van der Waals surface area contributed by atoms with Crippen molar-refractivity contribution in [3.05, 3.63) is 52.5 Å². The molecule has 0 saturated carbocycles. The third-order valence-corrected chi connectivity index (χ3v) is 6.91. The SMILES string of the molecule is c1ccc([C@H]2CN(Cc3nccs3)[C@H]3C4CCN(CC4)[C@@H]23)cc1. The van der Waals surface area contributed by atoms with Gasteiger partial charge in [-0.1, -0.05) is 30.3 Å². The fourth-order valence-corrected chi connectivity index (χ4v) is 5.86. The largest absolute Gasteiger partial charge is 0.298 e. The summed E-state index contributed by atoms with van der Waals surface area (Å²) in [6.45, 7) is 4.83. The predicted octanol–water partition coefficient (Wildman–Crippen LogP) is 3.21. The first kappa shape index (κ1) is 14.1. The van der Waals surface area contributed by atoms with Crippen molar-refractivity contribution in [1.29, 1.82) is 0 Å². The van der Waals surface area contributed by atoms with E-state index in [9.17, 15) is 0 Å². The van der Waals surface area contributed by atoms with Gasteiger partial charge in [0.1, 0.15) is 5.01 Å². The molecule has 4 fully saturated rings. The van der Waals surface area contributed by atoms with Gasteiger partial charge in [-0.05, 0) is 37.4 Å². The van der Waals surface area contributed by atoms with Gasteiger partial charge < -0.3 is 0 Å². The van der Waals surface area contributed by atoms with Gasteiger partial charge in [-0.15, -0.1) is 11.3 Å². The molecule has 1 aromatic heterocycles. The Morgan fingerprint density at radius 3 is 2.65 bits per heavy atom. The molecule has 0 unspecified atom stereocenters. The van der Waals surface area contributed by atoms with Gasteiger partial charge in [0.05, 0.1) is 6.54 Å². The summed E-state index contributed by atoms with van der Waals surface area (Å²) >= 11 is 1.80. The molecule has 6 rings (SSSR count). The molecule has 1 aromatic carbocycles. The van der Waals surface area contributed by atoms with Crippen LogP contribution in [-0.2, 0) is 6.54 Å². The predicted molar refractivity (Wildman–Crippen MR) is 93.6 cm³/mol. The maximum absolute atomic E-state index is 4.54. The molecule has 3 atom stereocenters. The number of fused-ring (bicyclic) bond motifs is 2. The van der Waals surface area contributed by atoms with Gasteiger partial charge in [0.2, 0.25) is 0 Å². The number of thiazole rings is 1. The summed E-state index contributed by atoms with van der Waals surface area (Å²) in [4.78, 5) is 10.1. The van der Waals surface area contributed by atoms with Crippen LogP contribution < -0.4 is 0 Å². The van der Waals surface area contributed by atoms with Crippen LogP contribution in [0, 0.1) is 5.92 Å². The summed E-state index contributed by atoms with van der Waals surface area (Å²) in [6.07, 6.45) is 4.72. The molecule has 0 spiro atoms. The third-order valence-electron chi connectivity index (χ3n) is 6.14. The standard InChI is InChI=1S/C19H23N3S/c1-2-4-14(5-3-1)16-12-22(13-17-20-8-11-23-17)18-15-6-9-21(10-7-15)19(16)18/h1-5,8,11,15-16,18-19H,6-7,9-10,12-13H2/t16-,18+,19+/m1/s1. The van der Waals surface area contributed by atoms with Gasteiger partial charge in [-0.25, -0.2) is 4.98 Å². The van der Waals surface area contributed by atoms with Gasteiger partial charge in [0, 0.05) is 36.1 Å². The van der Waals surface area contributed by atoms with Crippen molar-refractivity contribution in [2.24, 2.45) is 5.92 Å². The Bertz CT molecular complexity index is 649. The first-order valence-electron chi connectivity index (χ1n) is 8.81. The molecule has 5 heterocycles. The first-order valence-corrected chi connectivity index (χ1v) is 9.69. The second-order valence-electron chi connectivity index (χ2n) is 7.23.